The first-order chi connectivity index (χ1) is 14.4. The second-order valence-electron chi connectivity index (χ2n) is 6.53. The Morgan fingerprint density at radius 1 is 1.07 bits per heavy atom. The lowest BCUT2D eigenvalue weighted by atomic mass is 10.1. The first kappa shape index (κ1) is 21.4. The van der Waals surface area contributed by atoms with Crippen LogP contribution in [0.4, 0.5) is 5.69 Å². The highest BCUT2D eigenvalue weighted by Crippen LogP contribution is 2.26. The molecule has 1 aliphatic rings. The summed E-state index contributed by atoms with van der Waals surface area (Å²) in [5.74, 6) is -1.93. The number of hydrogen-bond donors (Lipinski definition) is 2. The molecule has 3 amide bonds. The minimum Gasteiger partial charge on any atom is -0.508 e. The van der Waals surface area contributed by atoms with E-state index in [1.807, 2.05) is 6.26 Å². The molecule has 0 saturated carbocycles. The molecule has 30 heavy (non-hydrogen) atoms. The SMILES string of the molecule is CSCCC(C(=O)OCC(=O)Nc1ccc(O)cc1)N1C(=O)c2ccccc2C1=O. The van der Waals surface area contributed by atoms with Gasteiger partial charge in [0, 0.05) is 5.69 Å². The Balaban J connectivity index is 1.67. The monoisotopic (exact) mass is 428 g/mol. The van der Waals surface area contributed by atoms with Crippen LogP contribution in [0.25, 0.3) is 0 Å². The number of hydrogen-bond acceptors (Lipinski definition) is 7. The summed E-state index contributed by atoms with van der Waals surface area (Å²) in [6.45, 7) is -0.571. The molecule has 0 bridgehead atoms. The summed E-state index contributed by atoms with van der Waals surface area (Å²) in [7, 11) is 0. The molecule has 2 N–H and O–H groups in total. The summed E-state index contributed by atoms with van der Waals surface area (Å²) >= 11 is 1.46. The zero-order valence-electron chi connectivity index (χ0n) is 16.2. The molecule has 1 heterocycles. The fourth-order valence-corrected chi connectivity index (χ4v) is 3.51. The molecule has 1 atom stereocenters. The van der Waals surface area contributed by atoms with Crippen LogP contribution in [0.15, 0.2) is 48.5 Å². The molecule has 3 rings (SSSR count). The van der Waals surface area contributed by atoms with Gasteiger partial charge >= 0.3 is 5.97 Å². The van der Waals surface area contributed by atoms with E-state index >= 15 is 0 Å². The number of thioether (sulfide) groups is 1. The van der Waals surface area contributed by atoms with E-state index in [4.69, 9.17) is 4.74 Å². The van der Waals surface area contributed by atoms with E-state index in [2.05, 4.69) is 5.32 Å². The summed E-state index contributed by atoms with van der Waals surface area (Å²) in [6.07, 6.45) is 2.06. The number of ether oxygens (including phenoxy) is 1. The average Bonchev–Trinajstić information content (AvgIpc) is 2.99. The van der Waals surface area contributed by atoms with Crippen LogP contribution in [-0.4, -0.2) is 58.4 Å². The molecular formula is C21H20N2O6S. The van der Waals surface area contributed by atoms with Crippen molar-refractivity contribution in [3.05, 3.63) is 59.7 Å². The van der Waals surface area contributed by atoms with Gasteiger partial charge in [0.05, 0.1) is 11.1 Å². The number of phenols is 1. The number of anilines is 1. The van der Waals surface area contributed by atoms with E-state index in [9.17, 15) is 24.3 Å². The maximum Gasteiger partial charge on any atom is 0.329 e. The van der Waals surface area contributed by atoms with Crippen molar-refractivity contribution < 1.29 is 29.0 Å². The quantitative estimate of drug-likeness (QED) is 0.377. The second kappa shape index (κ2) is 9.45. The Morgan fingerprint density at radius 3 is 2.23 bits per heavy atom. The standard InChI is InChI=1S/C21H20N2O6S/c1-30-11-10-17(23-19(26)15-4-2-3-5-16(15)20(23)27)21(28)29-12-18(25)22-13-6-8-14(24)9-7-13/h2-9,17,24H,10-12H2,1H3,(H,22,25). The summed E-state index contributed by atoms with van der Waals surface area (Å²) in [4.78, 5) is 51.1. The lowest BCUT2D eigenvalue weighted by Gasteiger charge is -2.24. The number of imide groups is 1. The number of rotatable bonds is 8. The van der Waals surface area contributed by atoms with Crippen LogP contribution >= 0.6 is 11.8 Å². The number of nitrogens with zero attached hydrogens (tertiary/aromatic N) is 1. The maximum atomic E-state index is 12.7. The van der Waals surface area contributed by atoms with Crippen molar-refractivity contribution in [3.63, 3.8) is 0 Å². The van der Waals surface area contributed by atoms with Gasteiger partial charge in [0.2, 0.25) is 0 Å². The Kier molecular flexibility index (Phi) is 6.73. The lowest BCUT2D eigenvalue weighted by molar-refractivity contribution is -0.151. The molecule has 1 unspecified atom stereocenters. The summed E-state index contributed by atoms with van der Waals surface area (Å²) in [5.41, 5.74) is 0.914. The third-order valence-electron chi connectivity index (χ3n) is 4.50. The fourth-order valence-electron chi connectivity index (χ4n) is 3.05. The van der Waals surface area contributed by atoms with E-state index in [1.165, 1.54) is 48.2 Å². The number of nitrogens with one attached hydrogen (secondary N) is 1. The Morgan fingerprint density at radius 2 is 1.67 bits per heavy atom. The van der Waals surface area contributed by atoms with Gasteiger partial charge in [-0.15, -0.1) is 0 Å². The zero-order valence-corrected chi connectivity index (χ0v) is 17.0. The molecular weight excluding hydrogens is 408 g/mol. The van der Waals surface area contributed by atoms with Crippen LogP contribution in [0.2, 0.25) is 0 Å². The zero-order chi connectivity index (χ0) is 21.7. The van der Waals surface area contributed by atoms with Gasteiger partial charge in [-0.2, -0.15) is 11.8 Å². The van der Waals surface area contributed by atoms with Gasteiger partial charge in [-0.25, -0.2) is 4.79 Å². The number of esters is 1. The summed E-state index contributed by atoms with van der Waals surface area (Å²) in [6, 6.07) is 11.1. The van der Waals surface area contributed by atoms with Crippen molar-refractivity contribution in [1.29, 1.82) is 0 Å². The van der Waals surface area contributed by atoms with E-state index in [-0.39, 0.29) is 23.3 Å². The number of fused-ring (bicyclic) bond motifs is 1. The summed E-state index contributed by atoms with van der Waals surface area (Å²) < 4.78 is 5.11. The molecule has 0 fully saturated rings. The van der Waals surface area contributed by atoms with Crippen molar-refractivity contribution in [2.24, 2.45) is 0 Å². The van der Waals surface area contributed by atoms with Gasteiger partial charge in [-0.1, -0.05) is 12.1 Å². The molecule has 2 aromatic rings. The van der Waals surface area contributed by atoms with Crippen LogP contribution < -0.4 is 5.32 Å². The van der Waals surface area contributed by atoms with Gasteiger partial charge < -0.3 is 15.2 Å². The Labute approximate surface area is 177 Å². The molecule has 8 nitrogen and oxygen atoms in total. The van der Waals surface area contributed by atoms with Crippen molar-refractivity contribution in [2.45, 2.75) is 12.5 Å². The molecule has 0 spiro atoms. The predicted molar refractivity (Wildman–Crippen MR) is 111 cm³/mol. The molecule has 0 aromatic heterocycles. The molecule has 0 saturated heterocycles. The molecule has 9 heteroatoms. The third kappa shape index (κ3) is 4.62. The average molecular weight is 428 g/mol. The van der Waals surface area contributed by atoms with E-state index in [1.54, 1.807) is 12.1 Å². The van der Waals surface area contributed by atoms with Crippen LogP contribution in [0.3, 0.4) is 0 Å². The number of aromatic hydroxyl groups is 1. The van der Waals surface area contributed by atoms with Crippen molar-refractivity contribution in [2.75, 3.05) is 23.9 Å². The number of amides is 3. The van der Waals surface area contributed by atoms with Crippen molar-refractivity contribution >= 4 is 41.1 Å². The number of carbonyl (C=O) groups excluding carboxylic acids is 4. The summed E-state index contributed by atoms with van der Waals surface area (Å²) in [5, 5.41) is 11.8. The second-order valence-corrected chi connectivity index (χ2v) is 7.51. The number of carbonyl (C=O) groups is 4. The highest BCUT2D eigenvalue weighted by molar-refractivity contribution is 7.98. The highest BCUT2D eigenvalue weighted by Gasteiger charge is 2.43. The minimum atomic E-state index is -1.12. The van der Waals surface area contributed by atoms with Crippen molar-refractivity contribution in [1.82, 2.24) is 4.90 Å². The predicted octanol–water partition coefficient (Wildman–Crippen LogP) is 2.29. The van der Waals surface area contributed by atoms with Gasteiger partial charge in [0.15, 0.2) is 6.61 Å². The lowest BCUT2D eigenvalue weighted by Crippen LogP contribution is -2.46. The molecule has 1 aliphatic heterocycles. The first-order valence-electron chi connectivity index (χ1n) is 9.13. The van der Waals surface area contributed by atoms with Crippen LogP contribution in [0.5, 0.6) is 5.75 Å². The first-order valence-corrected chi connectivity index (χ1v) is 10.5. The molecule has 0 aliphatic carbocycles. The topological polar surface area (TPSA) is 113 Å². The Bertz CT molecular complexity index is 941. The van der Waals surface area contributed by atoms with Gasteiger partial charge in [-0.05, 0) is 54.8 Å². The molecule has 156 valence electrons. The Hall–Kier alpha value is -3.33. The van der Waals surface area contributed by atoms with E-state index in [0.717, 1.165) is 4.90 Å². The van der Waals surface area contributed by atoms with Gasteiger partial charge in [-0.3, -0.25) is 19.3 Å². The van der Waals surface area contributed by atoms with E-state index in [0.29, 0.717) is 11.4 Å². The maximum absolute atomic E-state index is 12.7. The van der Waals surface area contributed by atoms with E-state index < -0.39 is 36.3 Å². The molecule has 0 radical (unpaired) electrons. The molecule has 2 aromatic carbocycles. The van der Waals surface area contributed by atoms with Crippen molar-refractivity contribution in [3.8, 4) is 5.75 Å². The number of phenolic OH excluding ortho intramolecular Hbond substituents is 1. The van der Waals surface area contributed by atoms with Gasteiger partial charge in [0.25, 0.3) is 17.7 Å². The highest BCUT2D eigenvalue weighted by atomic mass is 32.2. The van der Waals surface area contributed by atoms with Crippen LogP contribution in [-0.2, 0) is 14.3 Å². The number of benzene rings is 2. The van der Waals surface area contributed by atoms with Crippen LogP contribution in [0.1, 0.15) is 27.1 Å². The largest absolute Gasteiger partial charge is 0.508 e. The fraction of sp³-hybridized carbons (Fsp3) is 0.238. The third-order valence-corrected chi connectivity index (χ3v) is 5.15. The normalized spacial score (nSPS) is 13.7. The minimum absolute atomic E-state index is 0.0528. The smallest absolute Gasteiger partial charge is 0.329 e. The van der Waals surface area contributed by atoms with Crippen LogP contribution in [0, 0.1) is 0 Å². The van der Waals surface area contributed by atoms with Gasteiger partial charge in [0.1, 0.15) is 11.8 Å².